The van der Waals surface area contributed by atoms with Crippen molar-refractivity contribution < 1.29 is 14.7 Å². The minimum atomic E-state index is -0.277. The topological polar surface area (TPSA) is 66.4 Å². The van der Waals surface area contributed by atoms with Crippen LogP contribution in [-0.2, 0) is 0 Å². The molecule has 0 spiro atoms. The van der Waals surface area contributed by atoms with Gasteiger partial charge in [0, 0.05) is 28.9 Å². The van der Waals surface area contributed by atoms with Gasteiger partial charge in [0.25, 0.3) is 5.91 Å². The fraction of sp³-hybridized carbons (Fsp3) is 0.0667. The smallest absolute Gasteiger partial charge is 0.255 e. The second-order valence-electron chi connectivity index (χ2n) is 3.71. The molecular formula is C15H14ClNO3. The van der Waals surface area contributed by atoms with E-state index >= 15 is 0 Å². The van der Waals surface area contributed by atoms with Crippen molar-refractivity contribution in [2.75, 3.05) is 12.4 Å². The second-order valence-corrected chi connectivity index (χ2v) is 4.14. The molecule has 0 heterocycles. The van der Waals surface area contributed by atoms with Crippen molar-refractivity contribution in [2.24, 2.45) is 0 Å². The Morgan fingerprint density at radius 3 is 2.50 bits per heavy atom. The van der Waals surface area contributed by atoms with Gasteiger partial charge in [-0.3, -0.25) is 9.59 Å². The summed E-state index contributed by atoms with van der Waals surface area (Å²) in [5.41, 5.74) is 1.51. The third-order valence-corrected chi connectivity index (χ3v) is 2.60. The molecule has 0 radical (unpaired) electrons. The highest BCUT2D eigenvalue weighted by Crippen LogP contribution is 2.16. The summed E-state index contributed by atoms with van der Waals surface area (Å²) in [6, 6.07) is 13.4. The van der Waals surface area contributed by atoms with Gasteiger partial charge in [-0.2, -0.15) is 0 Å². The molecule has 0 saturated carbocycles. The van der Waals surface area contributed by atoms with E-state index in [0.717, 1.165) is 7.11 Å². The van der Waals surface area contributed by atoms with Crippen LogP contribution in [0, 0.1) is 0 Å². The van der Waals surface area contributed by atoms with E-state index in [2.05, 4.69) is 5.32 Å². The lowest BCUT2D eigenvalue weighted by Gasteiger charge is -2.05. The molecule has 104 valence electrons. The van der Waals surface area contributed by atoms with Gasteiger partial charge in [-0.15, -0.1) is 0 Å². The molecule has 0 aliphatic carbocycles. The maximum absolute atomic E-state index is 11.9. The Morgan fingerprint density at radius 2 is 1.85 bits per heavy atom. The molecule has 0 aromatic heterocycles. The molecule has 1 amide bonds. The first-order chi connectivity index (χ1) is 9.69. The fourth-order valence-electron chi connectivity index (χ4n) is 1.52. The number of aliphatic hydroxyl groups is 1. The zero-order chi connectivity index (χ0) is 15.0. The molecule has 0 fully saturated rings. The number of rotatable bonds is 3. The third kappa shape index (κ3) is 4.50. The Kier molecular flexibility index (Phi) is 6.43. The Labute approximate surface area is 122 Å². The van der Waals surface area contributed by atoms with Crippen LogP contribution in [-0.4, -0.2) is 24.4 Å². The number of hydrogen-bond acceptors (Lipinski definition) is 3. The molecule has 0 aliphatic rings. The minimum absolute atomic E-state index is 0.277. The van der Waals surface area contributed by atoms with Crippen molar-refractivity contribution in [3.63, 3.8) is 0 Å². The predicted molar refractivity (Wildman–Crippen MR) is 79.4 cm³/mol. The van der Waals surface area contributed by atoms with Gasteiger partial charge in [-0.05, 0) is 30.3 Å². The van der Waals surface area contributed by atoms with E-state index in [-0.39, 0.29) is 5.91 Å². The largest absolute Gasteiger partial charge is 0.400 e. The van der Waals surface area contributed by atoms with E-state index in [9.17, 15) is 9.59 Å². The average molecular weight is 292 g/mol. The molecule has 0 atom stereocenters. The summed E-state index contributed by atoms with van der Waals surface area (Å²) >= 11 is 5.82. The van der Waals surface area contributed by atoms with E-state index in [0.29, 0.717) is 28.1 Å². The zero-order valence-corrected chi connectivity index (χ0v) is 11.6. The van der Waals surface area contributed by atoms with Crippen LogP contribution in [0.2, 0.25) is 5.02 Å². The van der Waals surface area contributed by atoms with Crippen LogP contribution < -0.4 is 5.32 Å². The van der Waals surface area contributed by atoms with Crippen molar-refractivity contribution in [1.29, 1.82) is 0 Å². The molecule has 5 heteroatoms. The average Bonchev–Trinajstić information content (AvgIpc) is 2.49. The Morgan fingerprint density at radius 1 is 1.15 bits per heavy atom. The van der Waals surface area contributed by atoms with Crippen LogP contribution >= 0.6 is 11.6 Å². The molecule has 2 rings (SSSR count). The molecule has 0 saturated heterocycles. The lowest BCUT2D eigenvalue weighted by Crippen LogP contribution is -2.12. The minimum Gasteiger partial charge on any atom is -0.400 e. The van der Waals surface area contributed by atoms with Crippen molar-refractivity contribution in [3.05, 3.63) is 64.7 Å². The number of amides is 1. The Hall–Kier alpha value is -2.17. The molecule has 2 aromatic rings. The van der Waals surface area contributed by atoms with Gasteiger partial charge in [0.05, 0.1) is 0 Å². The summed E-state index contributed by atoms with van der Waals surface area (Å²) < 4.78 is 0. The Balaban J connectivity index is 0.000000956. The Bertz CT molecular complexity index is 599. The molecule has 0 bridgehead atoms. The molecular weight excluding hydrogens is 278 g/mol. The number of benzene rings is 2. The highest BCUT2D eigenvalue weighted by atomic mass is 35.5. The SMILES string of the molecule is CO.O=Cc1cccc(C(=O)Nc2cccc(Cl)c2)c1. The quantitative estimate of drug-likeness (QED) is 0.854. The number of aliphatic hydroxyl groups excluding tert-OH is 1. The standard InChI is InChI=1S/C14H10ClNO2.CH4O/c15-12-5-2-6-13(8-12)16-14(18)11-4-1-3-10(7-11)9-17;1-2/h1-9H,(H,16,18);2H,1H3. The van der Waals surface area contributed by atoms with Gasteiger partial charge in [0.1, 0.15) is 6.29 Å². The van der Waals surface area contributed by atoms with Crippen molar-refractivity contribution in [2.45, 2.75) is 0 Å². The molecule has 20 heavy (non-hydrogen) atoms. The van der Waals surface area contributed by atoms with Gasteiger partial charge in [0.2, 0.25) is 0 Å². The number of carbonyl (C=O) groups is 2. The van der Waals surface area contributed by atoms with E-state index < -0.39 is 0 Å². The normalized spacial score (nSPS) is 9.15. The van der Waals surface area contributed by atoms with Gasteiger partial charge >= 0.3 is 0 Å². The maximum atomic E-state index is 11.9. The maximum Gasteiger partial charge on any atom is 0.255 e. The summed E-state index contributed by atoms with van der Waals surface area (Å²) in [6.07, 6.45) is 0.705. The van der Waals surface area contributed by atoms with Crippen LogP contribution in [0.15, 0.2) is 48.5 Å². The van der Waals surface area contributed by atoms with Gasteiger partial charge in [-0.25, -0.2) is 0 Å². The van der Waals surface area contributed by atoms with Gasteiger partial charge in [0.15, 0.2) is 0 Å². The van der Waals surface area contributed by atoms with Crippen LogP contribution in [0.4, 0.5) is 5.69 Å². The van der Waals surface area contributed by atoms with Crippen molar-refractivity contribution in [1.82, 2.24) is 0 Å². The lowest BCUT2D eigenvalue weighted by molar-refractivity contribution is 0.102. The van der Waals surface area contributed by atoms with E-state index in [1.54, 1.807) is 42.5 Å². The number of halogens is 1. The predicted octanol–water partition coefficient (Wildman–Crippen LogP) is 3.01. The summed E-state index contributed by atoms with van der Waals surface area (Å²) in [4.78, 5) is 22.6. The van der Waals surface area contributed by atoms with Crippen LogP contribution in [0.25, 0.3) is 0 Å². The number of carbonyl (C=O) groups excluding carboxylic acids is 2. The molecule has 2 N–H and O–H groups in total. The first-order valence-corrected chi connectivity index (χ1v) is 6.14. The zero-order valence-electron chi connectivity index (χ0n) is 10.8. The lowest BCUT2D eigenvalue weighted by atomic mass is 10.1. The second kappa shape index (κ2) is 8.09. The number of aldehydes is 1. The van der Waals surface area contributed by atoms with E-state index in [1.165, 1.54) is 6.07 Å². The van der Waals surface area contributed by atoms with Crippen LogP contribution in [0.3, 0.4) is 0 Å². The summed E-state index contributed by atoms with van der Waals surface area (Å²) in [7, 11) is 1.00. The molecule has 0 unspecified atom stereocenters. The fourth-order valence-corrected chi connectivity index (χ4v) is 1.71. The molecule has 4 nitrogen and oxygen atoms in total. The van der Waals surface area contributed by atoms with E-state index in [1.807, 2.05) is 0 Å². The van der Waals surface area contributed by atoms with Crippen LogP contribution in [0.1, 0.15) is 20.7 Å². The first-order valence-electron chi connectivity index (χ1n) is 5.76. The highest BCUT2D eigenvalue weighted by Gasteiger charge is 2.06. The summed E-state index contributed by atoms with van der Waals surface area (Å²) in [5, 5.41) is 10.3. The number of nitrogens with one attached hydrogen (secondary N) is 1. The summed E-state index contributed by atoms with van der Waals surface area (Å²) in [5.74, 6) is -0.277. The monoisotopic (exact) mass is 291 g/mol. The third-order valence-electron chi connectivity index (χ3n) is 2.37. The molecule has 0 aliphatic heterocycles. The van der Waals surface area contributed by atoms with Gasteiger partial charge < -0.3 is 10.4 Å². The first kappa shape index (κ1) is 15.9. The number of anilines is 1. The van der Waals surface area contributed by atoms with E-state index in [4.69, 9.17) is 16.7 Å². The van der Waals surface area contributed by atoms with Crippen molar-refractivity contribution >= 4 is 29.5 Å². The number of hydrogen-bond donors (Lipinski definition) is 2. The highest BCUT2D eigenvalue weighted by molar-refractivity contribution is 6.30. The van der Waals surface area contributed by atoms with Gasteiger partial charge in [-0.1, -0.05) is 29.8 Å². The van der Waals surface area contributed by atoms with Crippen molar-refractivity contribution in [3.8, 4) is 0 Å². The van der Waals surface area contributed by atoms with Crippen LogP contribution in [0.5, 0.6) is 0 Å². The summed E-state index contributed by atoms with van der Waals surface area (Å²) in [6.45, 7) is 0. The molecule has 2 aromatic carbocycles.